The van der Waals surface area contributed by atoms with Gasteiger partial charge in [-0.05, 0) is 61.7 Å². The van der Waals surface area contributed by atoms with Crippen molar-refractivity contribution in [3.63, 3.8) is 0 Å². The predicted molar refractivity (Wildman–Crippen MR) is 211 cm³/mol. The number of unbranched alkanes of at least 4 members (excludes halogenated alkanes) is 6. The van der Waals surface area contributed by atoms with Crippen LogP contribution in [0.3, 0.4) is 0 Å². The van der Waals surface area contributed by atoms with Gasteiger partial charge in [0.25, 0.3) is 29.5 Å². The number of benzene rings is 3. The molecule has 2 aliphatic heterocycles. The zero-order valence-electron chi connectivity index (χ0n) is 31.7. The van der Waals surface area contributed by atoms with Crippen LogP contribution < -0.4 is 31.3 Å². The van der Waals surface area contributed by atoms with Gasteiger partial charge >= 0.3 is 0 Å². The Labute approximate surface area is 329 Å². The van der Waals surface area contributed by atoms with Crippen LogP contribution in [0, 0.1) is 0 Å². The predicted octanol–water partition coefficient (Wildman–Crippen LogP) is 4.39. The van der Waals surface area contributed by atoms with Gasteiger partial charge in [-0.1, -0.05) is 56.4 Å². The summed E-state index contributed by atoms with van der Waals surface area (Å²) in [5.74, 6) is -3.28. The van der Waals surface area contributed by atoms with Crippen LogP contribution in [0.25, 0.3) is 10.9 Å². The van der Waals surface area contributed by atoms with E-state index >= 15 is 0 Å². The second kappa shape index (κ2) is 18.8. The molecule has 3 aromatic carbocycles. The maximum atomic E-state index is 13.2. The number of anilines is 2. The van der Waals surface area contributed by atoms with E-state index in [0.717, 1.165) is 55.5 Å². The Morgan fingerprint density at radius 2 is 1.54 bits per heavy atom. The molecule has 0 spiro atoms. The number of ether oxygens (including phenoxy) is 1. The number of piperidine rings is 1. The van der Waals surface area contributed by atoms with Gasteiger partial charge in [-0.2, -0.15) is 0 Å². The largest absolute Gasteiger partial charge is 0.483 e. The number of hydrogen-bond donors (Lipinski definition) is 5. The lowest BCUT2D eigenvalue weighted by Crippen LogP contribution is -2.54. The van der Waals surface area contributed by atoms with Gasteiger partial charge in [0.15, 0.2) is 6.61 Å². The monoisotopic (exact) mass is 775 g/mol. The molecule has 6 rings (SSSR count). The van der Waals surface area contributed by atoms with Crippen LogP contribution >= 0.6 is 0 Å². The van der Waals surface area contributed by atoms with Crippen molar-refractivity contribution in [1.82, 2.24) is 31.2 Å². The van der Waals surface area contributed by atoms with Crippen molar-refractivity contribution in [3.8, 4) is 5.75 Å². The first kappa shape index (κ1) is 40.0. The summed E-state index contributed by atoms with van der Waals surface area (Å²) in [4.78, 5) is 93.6. The van der Waals surface area contributed by atoms with E-state index < -0.39 is 29.7 Å². The molecule has 4 aromatic rings. The number of imide groups is 2. The van der Waals surface area contributed by atoms with Gasteiger partial charge in [0.2, 0.25) is 11.8 Å². The molecule has 2 aliphatic rings. The normalized spacial score (nSPS) is 14.9. The summed E-state index contributed by atoms with van der Waals surface area (Å²) in [6, 6.07) is 18.2. The van der Waals surface area contributed by atoms with Crippen LogP contribution in [0.5, 0.6) is 5.75 Å². The van der Waals surface area contributed by atoms with Gasteiger partial charge in [0.05, 0.1) is 27.9 Å². The Morgan fingerprint density at radius 3 is 2.26 bits per heavy atom. The molecule has 0 bridgehead atoms. The number of nitrogens with one attached hydrogen (secondary N) is 5. The third-order valence-electron chi connectivity index (χ3n) is 9.89. The standard InChI is InChI=1S/C42H45N7O8/c1-43-39(53)30-24-46-31-18-17-26(23-29(31)37(30)47-27-13-8-7-9-14-27)38(52)45-22-11-6-4-2-3-5-10-21-44-35(51)25-57-33-16-12-15-28-36(33)42(56)49(41(28)55)32-19-20-34(50)48-40(32)54/h7-9,12-18,23-24,32H,2-6,10-11,19-22,25H2,1H3,(H,43,53)(H,44,51)(H,45,52)(H,46,47)(H,48,50,54). The fourth-order valence-corrected chi connectivity index (χ4v) is 6.91. The quantitative estimate of drug-likeness (QED) is 0.0712. The van der Waals surface area contributed by atoms with Crippen LogP contribution in [0.15, 0.2) is 72.9 Å². The van der Waals surface area contributed by atoms with Crippen LogP contribution in [0.2, 0.25) is 0 Å². The van der Waals surface area contributed by atoms with Crippen LogP contribution in [0.4, 0.5) is 11.4 Å². The molecule has 15 heteroatoms. The zero-order chi connectivity index (χ0) is 40.3. The van der Waals surface area contributed by atoms with Gasteiger partial charge in [0.1, 0.15) is 11.8 Å². The van der Waals surface area contributed by atoms with Crippen molar-refractivity contribution in [1.29, 1.82) is 0 Å². The maximum absolute atomic E-state index is 13.2. The second-order valence-electron chi connectivity index (χ2n) is 13.8. The topological polar surface area (TPSA) is 205 Å². The van der Waals surface area contributed by atoms with Gasteiger partial charge in [-0.25, -0.2) is 0 Å². The van der Waals surface area contributed by atoms with E-state index in [1.807, 2.05) is 30.3 Å². The number of pyridine rings is 1. The van der Waals surface area contributed by atoms with Crippen LogP contribution in [-0.2, 0) is 14.4 Å². The molecule has 296 valence electrons. The molecule has 1 unspecified atom stereocenters. The average molecular weight is 776 g/mol. The van der Waals surface area contributed by atoms with E-state index in [0.29, 0.717) is 40.8 Å². The van der Waals surface area contributed by atoms with Gasteiger partial charge in [-0.15, -0.1) is 0 Å². The van der Waals surface area contributed by atoms with Crippen molar-refractivity contribution in [2.75, 3.05) is 32.1 Å². The summed E-state index contributed by atoms with van der Waals surface area (Å²) in [5, 5.41) is 14.6. The average Bonchev–Trinajstić information content (AvgIpc) is 3.47. The third-order valence-corrected chi connectivity index (χ3v) is 9.89. The lowest BCUT2D eigenvalue weighted by atomic mass is 10.0. The zero-order valence-corrected chi connectivity index (χ0v) is 31.7. The smallest absolute Gasteiger partial charge is 0.266 e. The Kier molecular flexibility index (Phi) is 13.2. The molecule has 57 heavy (non-hydrogen) atoms. The molecular weight excluding hydrogens is 731 g/mol. The third kappa shape index (κ3) is 9.61. The van der Waals surface area contributed by atoms with Crippen LogP contribution in [0.1, 0.15) is 99.2 Å². The second-order valence-corrected chi connectivity index (χ2v) is 13.8. The first-order valence-corrected chi connectivity index (χ1v) is 19.2. The minimum absolute atomic E-state index is 0.00490. The maximum Gasteiger partial charge on any atom is 0.266 e. The lowest BCUT2D eigenvalue weighted by Gasteiger charge is -2.27. The molecule has 1 saturated heterocycles. The van der Waals surface area contributed by atoms with E-state index in [-0.39, 0.29) is 54.0 Å². The van der Waals surface area contributed by atoms with Gasteiger partial charge in [-0.3, -0.25) is 48.8 Å². The van der Waals surface area contributed by atoms with E-state index in [1.165, 1.54) is 24.4 Å². The summed E-state index contributed by atoms with van der Waals surface area (Å²) in [6.07, 6.45) is 8.12. The van der Waals surface area contributed by atoms with Crippen molar-refractivity contribution in [3.05, 3.63) is 95.2 Å². The Balaban J connectivity index is 0.862. The number of para-hydroxylation sites is 1. The number of rotatable bonds is 18. The molecule has 0 saturated carbocycles. The Hall–Kier alpha value is -6.64. The first-order valence-electron chi connectivity index (χ1n) is 19.2. The summed E-state index contributed by atoms with van der Waals surface area (Å²) in [5.41, 5.74) is 2.95. The minimum Gasteiger partial charge on any atom is -0.483 e. The highest BCUT2D eigenvalue weighted by atomic mass is 16.5. The number of hydrogen-bond acceptors (Lipinski definition) is 10. The summed E-state index contributed by atoms with van der Waals surface area (Å²) in [6.45, 7) is 0.643. The molecule has 0 aliphatic carbocycles. The van der Waals surface area contributed by atoms with Gasteiger partial charge in [0, 0.05) is 49.4 Å². The van der Waals surface area contributed by atoms with E-state index in [2.05, 4.69) is 31.6 Å². The number of fused-ring (bicyclic) bond motifs is 2. The first-order chi connectivity index (χ1) is 27.7. The molecule has 1 aromatic heterocycles. The molecule has 7 amide bonds. The highest BCUT2D eigenvalue weighted by Gasteiger charge is 2.46. The number of amides is 7. The number of nitrogens with zero attached hydrogens (tertiary/aromatic N) is 2. The highest BCUT2D eigenvalue weighted by Crippen LogP contribution is 2.34. The molecule has 5 N–H and O–H groups in total. The lowest BCUT2D eigenvalue weighted by molar-refractivity contribution is -0.136. The molecule has 3 heterocycles. The fourth-order valence-electron chi connectivity index (χ4n) is 6.91. The van der Waals surface area contributed by atoms with Gasteiger partial charge < -0.3 is 26.0 Å². The molecule has 0 radical (unpaired) electrons. The minimum atomic E-state index is -1.09. The van der Waals surface area contributed by atoms with Crippen molar-refractivity contribution in [2.45, 2.75) is 63.8 Å². The molecule has 1 atom stereocenters. The van der Waals surface area contributed by atoms with Crippen LogP contribution in [-0.4, -0.2) is 84.0 Å². The van der Waals surface area contributed by atoms with Crippen molar-refractivity contribution in [2.24, 2.45) is 0 Å². The SMILES string of the molecule is CNC(=O)c1cnc2ccc(C(=O)NCCCCCCCCCNC(=O)COc3cccc4c3C(=O)N(C3CCC(=O)NC3=O)C4=O)cc2c1Nc1ccccc1. The molecule has 15 nitrogen and oxygen atoms in total. The Bertz CT molecular complexity index is 2190. The van der Waals surface area contributed by atoms with Crippen molar-refractivity contribution < 1.29 is 38.3 Å². The molecular formula is C42H45N7O8. The summed E-state index contributed by atoms with van der Waals surface area (Å²) in [7, 11) is 1.56. The molecule has 1 fully saturated rings. The van der Waals surface area contributed by atoms with E-state index in [1.54, 1.807) is 25.2 Å². The highest BCUT2D eigenvalue weighted by molar-refractivity contribution is 6.24. The van der Waals surface area contributed by atoms with Crippen molar-refractivity contribution >= 4 is 63.6 Å². The number of carbonyl (C=O) groups is 7. The number of aromatic nitrogens is 1. The number of carbonyl (C=O) groups excluding carboxylic acids is 7. The van der Waals surface area contributed by atoms with E-state index in [4.69, 9.17) is 4.74 Å². The van der Waals surface area contributed by atoms with E-state index in [9.17, 15) is 33.6 Å². The fraction of sp³-hybridized carbons (Fsp3) is 0.333. The summed E-state index contributed by atoms with van der Waals surface area (Å²) >= 11 is 0. The Morgan fingerprint density at radius 1 is 0.825 bits per heavy atom. The summed E-state index contributed by atoms with van der Waals surface area (Å²) < 4.78 is 5.64.